The van der Waals surface area contributed by atoms with E-state index in [9.17, 15) is 0 Å². The zero-order chi connectivity index (χ0) is 49.2. The van der Waals surface area contributed by atoms with Gasteiger partial charge in [-0.2, -0.15) is 0 Å². The fourth-order valence-corrected chi connectivity index (χ4v) is 13.7. The predicted molar refractivity (Wildman–Crippen MR) is 304 cm³/mol. The monoisotopic (exact) mass is 955 g/mol. The first-order valence-electron chi connectivity index (χ1n) is 25.9. The highest BCUT2D eigenvalue weighted by Crippen LogP contribution is 2.66. The van der Waals surface area contributed by atoms with Crippen LogP contribution in [-0.4, -0.2) is 0 Å². The molecule has 0 amide bonds. The zero-order valence-corrected chi connectivity index (χ0v) is 40.7. The number of nitrogens with zero attached hydrogens (tertiary/aromatic N) is 1. The lowest BCUT2D eigenvalue weighted by molar-refractivity contribution is 0.436. The molecule has 2 aliphatic carbocycles. The third kappa shape index (κ3) is 5.70. The molecule has 0 fully saturated rings. The molecule has 2 aliphatic heterocycles. The summed E-state index contributed by atoms with van der Waals surface area (Å²) in [5, 5.41) is 2.37. The second kappa shape index (κ2) is 15.9. The van der Waals surface area contributed by atoms with Gasteiger partial charge in [-0.05, 0) is 115 Å². The summed E-state index contributed by atoms with van der Waals surface area (Å²) in [5.41, 5.74) is 21.2. The number of para-hydroxylation sites is 4. The Labute approximate surface area is 435 Å². The van der Waals surface area contributed by atoms with Crippen LogP contribution in [0, 0.1) is 0 Å². The van der Waals surface area contributed by atoms with Crippen LogP contribution in [0.2, 0.25) is 0 Å². The standard InChI is InChI=1S/C72H45NO2/c1-2-18-46(19-3-1)47-36-38-48(39-37-47)49-40-43-51(44-41-49)73(63-31-17-29-60-69(63)52-21-4-6-23-54(52)71(60)56-25-8-12-32-64(56)74-65-33-13-9-26-57(65)71)62-30-16-20-50-42-45-61-70(68(50)62)53-22-5-7-24-55(53)72(61)58-27-10-14-34-66(58)75-67-35-15-11-28-59(67)72/h1-45H. The first-order chi connectivity index (χ1) is 37.2. The Balaban J connectivity index is 0.982. The largest absolute Gasteiger partial charge is 0.457 e. The van der Waals surface area contributed by atoms with Crippen LogP contribution >= 0.6 is 0 Å². The second-order valence-electron chi connectivity index (χ2n) is 20.2. The van der Waals surface area contributed by atoms with Gasteiger partial charge in [-0.3, -0.25) is 0 Å². The Morgan fingerprint density at radius 1 is 0.253 bits per heavy atom. The number of fused-ring (bicyclic) bond motifs is 20. The number of rotatable bonds is 5. The van der Waals surface area contributed by atoms with Crippen LogP contribution in [-0.2, 0) is 10.8 Å². The Hall–Kier alpha value is -9.70. The van der Waals surface area contributed by atoms with Crippen molar-refractivity contribution in [3.8, 4) is 67.5 Å². The van der Waals surface area contributed by atoms with Crippen LogP contribution in [0.3, 0.4) is 0 Å². The van der Waals surface area contributed by atoms with E-state index in [4.69, 9.17) is 9.47 Å². The molecule has 0 aromatic heterocycles. The van der Waals surface area contributed by atoms with Crippen LogP contribution in [0.15, 0.2) is 273 Å². The summed E-state index contributed by atoms with van der Waals surface area (Å²) in [5.74, 6) is 3.52. The molecule has 0 saturated heterocycles. The molecule has 12 aromatic rings. The van der Waals surface area contributed by atoms with Gasteiger partial charge in [0.2, 0.25) is 0 Å². The van der Waals surface area contributed by atoms with E-state index in [-0.39, 0.29) is 0 Å². The molecule has 12 aromatic carbocycles. The van der Waals surface area contributed by atoms with Crippen molar-refractivity contribution >= 4 is 27.8 Å². The summed E-state index contributed by atoms with van der Waals surface area (Å²) in [6.07, 6.45) is 0. The molecule has 350 valence electrons. The van der Waals surface area contributed by atoms with Gasteiger partial charge in [0.15, 0.2) is 0 Å². The quantitative estimate of drug-likeness (QED) is 0.172. The van der Waals surface area contributed by atoms with Crippen molar-refractivity contribution in [1.82, 2.24) is 0 Å². The summed E-state index contributed by atoms with van der Waals surface area (Å²) < 4.78 is 13.6. The van der Waals surface area contributed by atoms with Crippen molar-refractivity contribution in [2.24, 2.45) is 0 Å². The molecule has 75 heavy (non-hydrogen) atoms. The van der Waals surface area contributed by atoms with Crippen LogP contribution in [0.4, 0.5) is 17.1 Å². The smallest absolute Gasteiger partial charge is 0.132 e. The normalized spacial score (nSPS) is 14.0. The topological polar surface area (TPSA) is 21.7 Å². The minimum Gasteiger partial charge on any atom is -0.457 e. The molecule has 0 radical (unpaired) electrons. The van der Waals surface area contributed by atoms with Crippen LogP contribution in [0.25, 0.3) is 55.3 Å². The summed E-state index contributed by atoms with van der Waals surface area (Å²) in [6, 6.07) is 100.0. The molecule has 0 saturated carbocycles. The molecule has 3 heteroatoms. The van der Waals surface area contributed by atoms with Gasteiger partial charge in [0.25, 0.3) is 0 Å². The molecule has 0 atom stereocenters. The number of benzene rings is 12. The molecular formula is C72H45NO2. The Kier molecular flexibility index (Phi) is 8.88. The predicted octanol–water partition coefficient (Wildman–Crippen LogP) is 18.6. The number of hydrogen-bond acceptors (Lipinski definition) is 3. The van der Waals surface area contributed by atoms with Crippen molar-refractivity contribution in [1.29, 1.82) is 0 Å². The number of hydrogen-bond donors (Lipinski definition) is 0. The van der Waals surface area contributed by atoms with Gasteiger partial charge in [-0.25, -0.2) is 0 Å². The second-order valence-corrected chi connectivity index (χ2v) is 20.2. The third-order valence-electron chi connectivity index (χ3n) is 16.6. The summed E-state index contributed by atoms with van der Waals surface area (Å²) in [6.45, 7) is 0. The van der Waals surface area contributed by atoms with Gasteiger partial charge < -0.3 is 14.4 Å². The average Bonchev–Trinajstić information content (AvgIpc) is 3.95. The third-order valence-corrected chi connectivity index (χ3v) is 16.6. The van der Waals surface area contributed by atoms with E-state index >= 15 is 0 Å². The summed E-state index contributed by atoms with van der Waals surface area (Å²) >= 11 is 0. The first kappa shape index (κ1) is 41.9. The fraction of sp³-hybridized carbons (Fsp3) is 0.0278. The lowest BCUT2D eigenvalue weighted by Crippen LogP contribution is -2.32. The van der Waals surface area contributed by atoms with Crippen molar-refractivity contribution in [2.75, 3.05) is 4.90 Å². The highest BCUT2D eigenvalue weighted by Gasteiger charge is 2.53. The molecule has 0 N–H and O–H groups in total. The Morgan fingerprint density at radius 3 is 1.17 bits per heavy atom. The zero-order valence-electron chi connectivity index (χ0n) is 40.7. The van der Waals surface area contributed by atoms with Crippen molar-refractivity contribution in [3.05, 3.63) is 317 Å². The van der Waals surface area contributed by atoms with Crippen LogP contribution in [0.5, 0.6) is 23.0 Å². The first-order valence-corrected chi connectivity index (χ1v) is 25.9. The maximum absolute atomic E-state index is 6.78. The van der Waals surface area contributed by atoms with Crippen molar-refractivity contribution in [2.45, 2.75) is 10.8 Å². The summed E-state index contributed by atoms with van der Waals surface area (Å²) in [7, 11) is 0. The van der Waals surface area contributed by atoms with Gasteiger partial charge >= 0.3 is 0 Å². The van der Waals surface area contributed by atoms with Gasteiger partial charge in [-0.1, -0.05) is 224 Å². The van der Waals surface area contributed by atoms with E-state index in [1.807, 2.05) is 0 Å². The van der Waals surface area contributed by atoms with E-state index in [0.29, 0.717) is 0 Å². The van der Waals surface area contributed by atoms with Crippen LogP contribution in [0.1, 0.15) is 44.5 Å². The molecule has 3 nitrogen and oxygen atoms in total. The maximum Gasteiger partial charge on any atom is 0.132 e. The molecule has 2 spiro atoms. The summed E-state index contributed by atoms with van der Waals surface area (Å²) in [4.78, 5) is 2.55. The minimum atomic E-state index is -0.635. The fourth-order valence-electron chi connectivity index (χ4n) is 13.7. The van der Waals surface area contributed by atoms with E-state index in [2.05, 4.69) is 278 Å². The SMILES string of the molecule is c1ccc(-c2ccc(-c3ccc(N(c4cccc5c4-c4ccccc4C54c5ccccc5Oc5ccccc54)c4cccc5ccc6c(c45)-c4ccccc4C64c5ccccc5Oc5ccccc54)cc3)cc2)cc1. The molecule has 4 aliphatic rings. The molecule has 0 unspecified atom stereocenters. The van der Waals surface area contributed by atoms with Gasteiger partial charge in [0.05, 0.1) is 22.2 Å². The van der Waals surface area contributed by atoms with E-state index in [1.54, 1.807) is 0 Å². The highest BCUT2D eigenvalue weighted by molar-refractivity contribution is 6.13. The number of ether oxygens (including phenoxy) is 2. The Bertz CT molecular complexity index is 4220. The minimum absolute atomic E-state index is 0.621. The van der Waals surface area contributed by atoms with Gasteiger partial charge in [0, 0.05) is 38.9 Å². The molecule has 2 heterocycles. The molecule has 16 rings (SSSR count). The number of anilines is 3. The van der Waals surface area contributed by atoms with E-state index < -0.39 is 10.8 Å². The van der Waals surface area contributed by atoms with E-state index in [0.717, 1.165) is 67.9 Å². The van der Waals surface area contributed by atoms with Crippen LogP contribution < -0.4 is 14.4 Å². The lowest BCUT2D eigenvalue weighted by Gasteiger charge is -2.39. The molecule has 0 bridgehead atoms. The van der Waals surface area contributed by atoms with Gasteiger partial charge in [0.1, 0.15) is 23.0 Å². The van der Waals surface area contributed by atoms with E-state index in [1.165, 1.54) is 72.0 Å². The lowest BCUT2D eigenvalue weighted by atomic mass is 9.66. The molecular weight excluding hydrogens is 911 g/mol. The van der Waals surface area contributed by atoms with Crippen molar-refractivity contribution in [3.63, 3.8) is 0 Å². The Morgan fingerprint density at radius 2 is 0.640 bits per heavy atom. The highest BCUT2D eigenvalue weighted by atomic mass is 16.5. The maximum atomic E-state index is 6.78. The van der Waals surface area contributed by atoms with Gasteiger partial charge in [-0.15, -0.1) is 0 Å². The van der Waals surface area contributed by atoms with Crippen molar-refractivity contribution < 1.29 is 9.47 Å². The average molecular weight is 956 g/mol.